The summed E-state index contributed by atoms with van der Waals surface area (Å²) in [5.41, 5.74) is 4.49. The minimum atomic E-state index is -1.20. The molecule has 0 radical (unpaired) electrons. The van der Waals surface area contributed by atoms with Gasteiger partial charge in [-0.1, -0.05) is 0 Å². The lowest BCUT2D eigenvalue weighted by atomic mass is 10.7. The van der Waals surface area contributed by atoms with E-state index in [9.17, 15) is 4.79 Å². The van der Waals surface area contributed by atoms with Crippen LogP contribution in [-0.4, -0.2) is 11.1 Å². The van der Waals surface area contributed by atoms with Crippen molar-refractivity contribution in [3.05, 3.63) is 0 Å². The third-order valence-electron chi connectivity index (χ3n) is 0.179. The van der Waals surface area contributed by atoms with Crippen molar-refractivity contribution in [1.82, 2.24) is 0 Å². The first kappa shape index (κ1) is 4.83. The maximum Gasteiger partial charge on any atom is 0.383 e. The average molecular weight is 85.1 g/mol. The quantitative estimate of drug-likeness (QED) is 0.292. The van der Waals surface area contributed by atoms with E-state index in [4.69, 9.17) is 5.11 Å². The van der Waals surface area contributed by atoms with E-state index in [2.05, 4.69) is 5.73 Å². The Bertz CT molecular complexity index is 108. The van der Waals surface area contributed by atoms with Gasteiger partial charge in [0.25, 0.3) is 0 Å². The fraction of sp³-hybridized carbons (Fsp3) is 0. The van der Waals surface area contributed by atoms with E-state index in [0.29, 0.717) is 0 Å². The van der Waals surface area contributed by atoms with Crippen LogP contribution in [0, 0.1) is 12.0 Å². The Morgan fingerprint density at radius 1 is 1.83 bits per heavy atom. The van der Waals surface area contributed by atoms with Crippen LogP contribution in [0.2, 0.25) is 0 Å². The first-order valence-electron chi connectivity index (χ1n) is 1.22. The summed E-state index contributed by atoms with van der Waals surface area (Å²) in [6, 6.07) is 1.72. The molecule has 0 amide bonds. The molecule has 0 aliphatic carbocycles. The van der Waals surface area contributed by atoms with E-state index < -0.39 is 5.97 Å². The van der Waals surface area contributed by atoms with Gasteiger partial charge in [0.2, 0.25) is 0 Å². The van der Waals surface area contributed by atoms with Gasteiger partial charge in [0, 0.05) is 12.0 Å². The Balaban J connectivity index is 3.50. The Morgan fingerprint density at radius 3 is 2.33 bits per heavy atom. The summed E-state index contributed by atoms with van der Waals surface area (Å²) in [5, 5.41) is 7.66. The summed E-state index contributed by atoms with van der Waals surface area (Å²) in [7, 11) is 0. The Labute approximate surface area is 34.8 Å². The van der Waals surface area contributed by atoms with Crippen molar-refractivity contribution >= 4 is 5.97 Å². The number of carboxylic acids is 1. The van der Waals surface area contributed by atoms with Gasteiger partial charge in [0.05, 0.1) is 0 Å². The number of rotatable bonds is 0. The van der Waals surface area contributed by atoms with Crippen molar-refractivity contribution in [3.63, 3.8) is 0 Å². The number of hydrogen-bond acceptors (Lipinski definition) is 2. The lowest BCUT2D eigenvalue weighted by molar-refractivity contribution is -0.130. The van der Waals surface area contributed by atoms with Crippen molar-refractivity contribution in [2.24, 2.45) is 5.73 Å². The van der Waals surface area contributed by atoms with Crippen LogP contribution in [0.3, 0.4) is 0 Å². The van der Waals surface area contributed by atoms with Gasteiger partial charge in [-0.2, -0.15) is 0 Å². The third-order valence-corrected chi connectivity index (χ3v) is 0.179. The number of hydrogen-bond donors (Lipinski definition) is 2. The molecule has 0 fully saturated rings. The predicted octanol–water partition coefficient (Wildman–Crippen LogP) is -1.01. The summed E-state index contributed by atoms with van der Waals surface area (Å²) < 4.78 is 0. The largest absolute Gasteiger partial charge is 0.472 e. The molecule has 0 atom stereocenters. The van der Waals surface area contributed by atoms with E-state index >= 15 is 0 Å². The first-order valence-corrected chi connectivity index (χ1v) is 1.22. The van der Waals surface area contributed by atoms with Gasteiger partial charge in [-0.25, -0.2) is 4.79 Å². The molecule has 6 heavy (non-hydrogen) atoms. The van der Waals surface area contributed by atoms with E-state index in [1.54, 1.807) is 12.0 Å². The van der Waals surface area contributed by atoms with E-state index in [-0.39, 0.29) is 0 Å². The van der Waals surface area contributed by atoms with Gasteiger partial charge >= 0.3 is 5.97 Å². The topological polar surface area (TPSA) is 63.3 Å². The van der Waals surface area contributed by atoms with E-state index in [1.807, 2.05) is 0 Å². The molecule has 0 aromatic heterocycles. The monoisotopic (exact) mass is 85.0 g/mol. The molecule has 0 bridgehead atoms. The van der Waals surface area contributed by atoms with E-state index in [0.717, 1.165) is 0 Å². The Kier molecular flexibility index (Phi) is 1.68. The second-order valence-corrected chi connectivity index (χ2v) is 0.574. The molecule has 3 N–H and O–H groups in total. The van der Waals surface area contributed by atoms with Gasteiger partial charge in [0.1, 0.15) is 0 Å². The maximum absolute atomic E-state index is 9.35. The summed E-state index contributed by atoms with van der Waals surface area (Å²) >= 11 is 0. The Morgan fingerprint density at radius 2 is 2.33 bits per heavy atom. The minimum Gasteiger partial charge on any atom is -0.472 e. The molecule has 0 aliphatic heterocycles. The Hall–Kier alpha value is -1.17. The van der Waals surface area contributed by atoms with Crippen LogP contribution >= 0.6 is 0 Å². The normalized spacial score (nSPS) is 5.33. The molecular formula is C3H3NO2. The number of aliphatic carboxylic acids is 1. The van der Waals surface area contributed by atoms with Crippen LogP contribution in [0.25, 0.3) is 0 Å². The van der Waals surface area contributed by atoms with Crippen LogP contribution in [0.15, 0.2) is 0 Å². The van der Waals surface area contributed by atoms with Gasteiger partial charge < -0.3 is 10.8 Å². The molecule has 0 heterocycles. The molecule has 3 nitrogen and oxygen atoms in total. The zero-order valence-electron chi connectivity index (χ0n) is 2.93. The zero-order valence-corrected chi connectivity index (χ0v) is 2.93. The van der Waals surface area contributed by atoms with Crippen LogP contribution in [0.4, 0.5) is 0 Å². The fourth-order valence-corrected chi connectivity index (χ4v) is 0.0617. The van der Waals surface area contributed by atoms with Crippen LogP contribution in [0.5, 0.6) is 0 Å². The highest BCUT2D eigenvalue weighted by atomic mass is 16.4. The van der Waals surface area contributed by atoms with Crippen LogP contribution < -0.4 is 5.73 Å². The molecular weight excluding hydrogens is 82.0 g/mol. The van der Waals surface area contributed by atoms with Crippen LogP contribution in [0.1, 0.15) is 0 Å². The SMILES string of the molecule is NC#CC(=O)O. The zero-order chi connectivity index (χ0) is 4.99. The van der Waals surface area contributed by atoms with Gasteiger partial charge in [-0.05, 0) is 0 Å². The molecule has 0 saturated heterocycles. The van der Waals surface area contributed by atoms with Crippen molar-refractivity contribution < 1.29 is 9.90 Å². The van der Waals surface area contributed by atoms with Crippen molar-refractivity contribution in [2.45, 2.75) is 0 Å². The second-order valence-electron chi connectivity index (χ2n) is 0.574. The van der Waals surface area contributed by atoms with Gasteiger partial charge in [0.15, 0.2) is 0 Å². The first-order chi connectivity index (χ1) is 2.77. The number of carboxylic acid groups (broad SMARTS) is 1. The highest BCUT2D eigenvalue weighted by Gasteiger charge is 1.77. The highest BCUT2D eigenvalue weighted by molar-refractivity contribution is 5.86. The highest BCUT2D eigenvalue weighted by Crippen LogP contribution is 1.47. The lowest BCUT2D eigenvalue weighted by Crippen LogP contribution is -1.89. The van der Waals surface area contributed by atoms with E-state index in [1.165, 1.54) is 0 Å². The second kappa shape index (κ2) is 2.09. The fourth-order valence-electron chi connectivity index (χ4n) is 0.0617. The molecule has 0 aromatic rings. The standard InChI is InChI=1S/C3H3NO2/c4-2-1-3(5)6/h4H2,(H,5,6). The molecule has 0 rings (SSSR count). The average Bonchev–Trinajstić information content (AvgIpc) is 1.35. The molecule has 0 saturated carbocycles. The summed E-state index contributed by atoms with van der Waals surface area (Å²) in [4.78, 5) is 9.35. The molecule has 0 aromatic carbocycles. The predicted molar refractivity (Wildman–Crippen MR) is 19.6 cm³/mol. The molecule has 0 aliphatic rings. The third kappa shape index (κ3) is 2.83. The maximum atomic E-state index is 9.35. The molecule has 0 spiro atoms. The molecule has 0 unspecified atom stereocenters. The minimum absolute atomic E-state index is 1.20. The van der Waals surface area contributed by atoms with Gasteiger partial charge in [-0.3, -0.25) is 0 Å². The van der Waals surface area contributed by atoms with Crippen LogP contribution in [-0.2, 0) is 4.79 Å². The van der Waals surface area contributed by atoms with Crippen molar-refractivity contribution in [2.75, 3.05) is 0 Å². The van der Waals surface area contributed by atoms with Crippen molar-refractivity contribution in [1.29, 1.82) is 0 Å². The van der Waals surface area contributed by atoms with Crippen molar-refractivity contribution in [3.8, 4) is 12.0 Å². The summed E-state index contributed by atoms with van der Waals surface area (Å²) in [6.07, 6.45) is 0. The lowest BCUT2D eigenvalue weighted by Gasteiger charge is -1.63. The number of nitrogens with two attached hydrogens (primary N) is 1. The smallest absolute Gasteiger partial charge is 0.383 e. The summed E-state index contributed by atoms with van der Waals surface area (Å²) in [5.74, 6) is 0.456. The van der Waals surface area contributed by atoms with Gasteiger partial charge in [-0.15, -0.1) is 0 Å². The number of carbonyl (C=O) groups is 1. The molecule has 32 valence electrons. The molecule has 3 heteroatoms. The summed E-state index contributed by atoms with van der Waals surface area (Å²) in [6.45, 7) is 0.